The fraction of sp³-hybridized carbons (Fsp3) is 0.846. The minimum Gasteiger partial charge on any atom is -0.480 e. The van der Waals surface area contributed by atoms with E-state index < -0.39 is 12.0 Å². The summed E-state index contributed by atoms with van der Waals surface area (Å²) in [5.74, 6) is -0.866. The number of aliphatic carboxylic acids is 1. The maximum Gasteiger partial charge on any atom is 0.326 e. The number of amides is 2. The molecule has 0 aromatic carbocycles. The third-order valence-electron chi connectivity index (χ3n) is 3.52. The third-order valence-corrected chi connectivity index (χ3v) is 3.52. The van der Waals surface area contributed by atoms with Gasteiger partial charge in [-0.25, -0.2) is 9.59 Å². The van der Waals surface area contributed by atoms with Crippen LogP contribution < -0.4 is 5.32 Å². The Bertz CT molecular complexity index is 294. The Kier molecular flexibility index (Phi) is 5.95. The molecule has 2 unspecified atom stereocenters. The zero-order chi connectivity index (χ0) is 13.5. The highest BCUT2D eigenvalue weighted by Gasteiger charge is 2.39. The van der Waals surface area contributed by atoms with Crippen molar-refractivity contribution in [2.24, 2.45) is 5.92 Å². The van der Waals surface area contributed by atoms with Crippen LogP contribution in [-0.4, -0.2) is 41.1 Å². The topological polar surface area (TPSA) is 69.6 Å². The Labute approximate surface area is 109 Å². The van der Waals surface area contributed by atoms with Gasteiger partial charge in [-0.05, 0) is 18.8 Å². The van der Waals surface area contributed by atoms with Crippen LogP contribution in [0.4, 0.5) is 4.79 Å². The van der Waals surface area contributed by atoms with Gasteiger partial charge in [-0.15, -0.1) is 0 Å². The molecular formula is C13H24N2O3. The Morgan fingerprint density at radius 1 is 1.33 bits per heavy atom. The zero-order valence-corrected chi connectivity index (χ0v) is 11.3. The second kappa shape index (κ2) is 7.24. The van der Waals surface area contributed by atoms with Crippen molar-refractivity contribution in [3.63, 3.8) is 0 Å². The van der Waals surface area contributed by atoms with E-state index in [1.54, 1.807) is 0 Å². The van der Waals surface area contributed by atoms with Crippen molar-refractivity contribution < 1.29 is 14.7 Å². The average Bonchev–Trinajstić information content (AvgIpc) is 2.70. The fourth-order valence-corrected chi connectivity index (χ4v) is 2.40. The molecule has 1 aliphatic rings. The highest BCUT2D eigenvalue weighted by molar-refractivity contribution is 5.83. The number of carboxylic acids is 1. The molecule has 0 saturated carbocycles. The molecule has 18 heavy (non-hydrogen) atoms. The van der Waals surface area contributed by atoms with Gasteiger partial charge < -0.3 is 15.3 Å². The number of carboxylic acid groups (broad SMARTS) is 1. The first-order chi connectivity index (χ1) is 8.57. The largest absolute Gasteiger partial charge is 0.480 e. The minimum atomic E-state index is -0.902. The van der Waals surface area contributed by atoms with Gasteiger partial charge in [0, 0.05) is 13.1 Å². The summed E-state index contributed by atoms with van der Waals surface area (Å²) >= 11 is 0. The first-order valence-corrected chi connectivity index (χ1v) is 6.85. The van der Waals surface area contributed by atoms with E-state index in [4.69, 9.17) is 5.11 Å². The molecular weight excluding hydrogens is 232 g/mol. The van der Waals surface area contributed by atoms with E-state index in [9.17, 15) is 9.59 Å². The average molecular weight is 256 g/mol. The van der Waals surface area contributed by atoms with Crippen LogP contribution in [0.5, 0.6) is 0 Å². The number of hydrogen-bond acceptors (Lipinski definition) is 2. The van der Waals surface area contributed by atoms with Crippen molar-refractivity contribution in [1.82, 2.24) is 10.2 Å². The highest BCUT2D eigenvalue weighted by Crippen LogP contribution is 2.23. The molecule has 1 aliphatic heterocycles. The highest BCUT2D eigenvalue weighted by atomic mass is 16.4. The monoisotopic (exact) mass is 256 g/mol. The van der Waals surface area contributed by atoms with Crippen LogP contribution in [0.1, 0.15) is 46.0 Å². The SMILES string of the molecule is CCCCCCNC(=O)N1CCC(C)C1C(=O)O. The van der Waals surface area contributed by atoms with E-state index in [1.165, 1.54) is 17.7 Å². The number of carbonyl (C=O) groups is 2. The molecule has 0 radical (unpaired) electrons. The zero-order valence-electron chi connectivity index (χ0n) is 11.3. The van der Waals surface area contributed by atoms with Gasteiger partial charge in [-0.1, -0.05) is 33.1 Å². The molecule has 5 heteroatoms. The summed E-state index contributed by atoms with van der Waals surface area (Å²) in [6.07, 6.45) is 5.17. The summed E-state index contributed by atoms with van der Waals surface area (Å²) in [7, 11) is 0. The third kappa shape index (κ3) is 3.89. The molecule has 1 rings (SSSR count). The molecule has 0 spiro atoms. The second-order valence-electron chi connectivity index (χ2n) is 5.04. The van der Waals surface area contributed by atoms with Crippen LogP contribution in [0.2, 0.25) is 0 Å². The van der Waals surface area contributed by atoms with Crippen LogP contribution in [0.3, 0.4) is 0 Å². The van der Waals surface area contributed by atoms with Gasteiger partial charge in [0.05, 0.1) is 0 Å². The van der Waals surface area contributed by atoms with Gasteiger partial charge in [-0.2, -0.15) is 0 Å². The molecule has 104 valence electrons. The predicted molar refractivity (Wildman–Crippen MR) is 69.5 cm³/mol. The lowest BCUT2D eigenvalue weighted by atomic mass is 10.0. The summed E-state index contributed by atoms with van der Waals surface area (Å²) in [6, 6.07) is -0.899. The number of nitrogens with one attached hydrogen (secondary N) is 1. The molecule has 0 bridgehead atoms. The standard InChI is InChI=1S/C13H24N2O3/c1-3-4-5-6-8-14-13(18)15-9-7-10(2)11(15)12(16)17/h10-11H,3-9H2,1-2H3,(H,14,18)(H,16,17). The van der Waals surface area contributed by atoms with Gasteiger partial charge in [0.25, 0.3) is 0 Å². The number of urea groups is 1. The van der Waals surface area contributed by atoms with Crippen molar-refractivity contribution in [3.05, 3.63) is 0 Å². The van der Waals surface area contributed by atoms with Gasteiger partial charge >= 0.3 is 12.0 Å². The van der Waals surface area contributed by atoms with Crippen LogP contribution in [0, 0.1) is 5.92 Å². The van der Waals surface area contributed by atoms with Crippen molar-refractivity contribution in [2.75, 3.05) is 13.1 Å². The minimum absolute atomic E-state index is 0.0355. The van der Waals surface area contributed by atoms with Crippen LogP contribution in [-0.2, 0) is 4.79 Å². The van der Waals surface area contributed by atoms with E-state index in [1.807, 2.05) is 6.92 Å². The molecule has 0 aliphatic carbocycles. The first kappa shape index (κ1) is 14.8. The Balaban J connectivity index is 2.34. The smallest absolute Gasteiger partial charge is 0.326 e. The van der Waals surface area contributed by atoms with E-state index in [0.29, 0.717) is 13.1 Å². The normalized spacial score (nSPS) is 23.1. The summed E-state index contributed by atoms with van der Waals surface area (Å²) in [6.45, 7) is 5.20. The van der Waals surface area contributed by atoms with Crippen LogP contribution >= 0.6 is 0 Å². The lowest BCUT2D eigenvalue weighted by molar-refractivity contribution is -0.142. The number of likely N-dealkylation sites (tertiary alicyclic amines) is 1. The van der Waals surface area contributed by atoms with Crippen molar-refractivity contribution >= 4 is 12.0 Å². The van der Waals surface area contributed by atoms with E-state index in [-0.39, 0.29) is 11.9 Å². The molecule has 2 N–H and O–H groups in total. The second-order valence-corrected chi connectivity index (χ2v) is 5.04. The summed E-state index contributed by atoms with van der Waals surface area (Å²) in [5.41, 5.74) is 0. The molecule has 2 amide bonds. The number of hydrogen-bond donors (Lipinski definition) is 2. The molecule has 0 aromatic rings. The number of nitrogens with zero attached hydrogens (tertiary/aromatic N) is 1. The van der Waals surface area contributed by atoms with Crippen molar-refractivity contribution in [3.8, 4) is 0 Å². The van der Waals surface area contributed by atoms with Crippen LogP contribution in [0.25, 0.3) is 0 Å². The molecule has 2 atom stereocenters. The molecule has 5 nitrogen and oxygen atoms in total. The summed E-state index contributed by atoms with van der Waals surface area (Å²) in [5, 5.41) is 11.9. The number of rotatable bonds is 6. The predicted octanol–water partition coefficient (Wildman–Crippen LogP) is 2.07. The van der Waals surface area contributed by atoms with Crippen LogP contribution in [0.15, 0.2) is 0 Å². The van der Waals surface area contributed by atoms with Gasteiger partial charge in [0.2, 0.25) is 0 Å². The molecule has 1 heterocycles. The fourth-order valence-electron chi connectivity index (χ4n) is 2.40. The lowest BCUT2D eigenvalue weighted by Gasteiger charge is -2.23. The summed E-state index contributed by atoms with van der Waals surface area (Å²) in [4.78, 5) is 24.5. The number of unbranched alkanes of at least 4 members (excludes halogenated alkanes) is 3. The first-order valence-electron chi connectivity index (χ1n) is 6.85. The van der Waals surface area contributed by atoms with E-state index in [0.717, 1.165) is 19.3 Å². The Morgan fingerprint density at radius 2 is 2.06 bits per heavy atom. The maximum atomic E-state index is 11.9. The van der Waals surface area contributed by atoms with Gasteiger partial charge in [0.15, 0.2) is 0 Å². The lowest BCUT2D eigenvalue weighted by Crippen LogP contribution is -2.47. The van der Waals surface area contributed by atoms with Gasteiger partial charge in [-0.3, -0.25) is 0 Å². The van der Waals surface area contributed by atoms with Gasteiger partial charge in [0.1, 0.15) is 6.04 Å². The molecule has 0 aromatic heterocycles. The van der Waals surface area contributed by atoms with Crippen molar-refractivity contribution in [2.45, 2.75) is 52.0 Å². The van der Waals surface area contributed by atoms with Crippen molar-refractivity contribution in [1.29, 1.82) is 0 Å². The Hall–Kier alpha value is -1.26. The number of carbonyl (C=O) groups excluding carboxylic acids is 1. The molecule has 1 saturated heterocycles. The van der Waals surface area contributed by atoms with E-state index >= 15 is 0 Å². The Morgan fingerprint density at radius 3 is 2.67 bits per heavy atom. The maximum absolute atomic E-state index is 11.9. The van der Waals surface area contributed by atoms with E-state index in [2.05, 4.69) is 12.2 Å². The molecule has 1 fully saturated rings. The quantitative estimate of drug-likeness (QED) is 0.715. The summed E-state index contributed by atoms with van der Waals surface area (Å²) < 4.78 is 0.